The van der Waals surface area contributed by atoms with Gasteiger partial charge in [-0.2, -0.15) is 13.2 Å². The number of amides is 2. The molecule has 0 aromatic heterocycles. The standard InChI is InChI=1S/C22H21F3N2O6/c1-20(2,15-4-3-5-16-17(15)32-11-31-16)10-21(30,22(23,24)25)19(29)26-13-7-6-12-9-33-27-18(28)14(12)8-13/h3-8,30H,9-11H2,1-2H3,(H,26,29)(H,27,28). The summed E-state index contributed by atoms with van der Waals surface area (Å²) >= 11 is 0. The highest BCUT2D eigenvalue weighted by Crippen LogP contribution is 2.47. The first-order chi connectivity index (χ1) is 15.4. The summed E-state index contributed by atoms with van der Waals surface area (Å²) in [6.45, 7) is 2.93. The molecule has 2 aromatic rings. The number of rotatable bonds is 5. The van der Waals surface area contributed by atoms with Crippen LogP contribution in [0.3, 0.4) is 0 Å². The van der Waals surface area contributed by atoms with E-state index in [2.05, 4.69) is 10.8 Å². The van der Waals surface area contributed by atoms with Crippen molar-refractivity contribution >= 4 is 17.5 Å². The molecule has 2 aliphatic rings. The molecule has 8 nitrogen and oxygen atoms in total. The number of nitrogens with one attached hydrogen (secondary N) is 2. The van der Waals surface area contributed by atoms with Crippen LogP contribution in [-0.2, 0) is 21.7 Å². The molecule has 4 rings (SSSR count). The van der Waals surface area contributed by atoms with Crippen LogP contribution in [0, 0.1) is 0 Å². The van der Waals surface area contributed by atoms with Crippen LogP contribution in [0.2, 0.25) is 0 Å². The van der Waals surface area contributed by atoms with Crippen molar-refractivity contribution in [2.45, 2.75) is 44.1 Å². The minimum atomic E-state index is -5.29. The number of carbonyl (C=O) groups is 2. The third-order valence-electron chi connectivity index (χ3n) is 5.67. The average Bonchev–Trinajstić information content (AvgIpc) is 3.22. The van der Waals surface area contributed by atoms with Crippen molar-refractivity contribution in [2.24, 2.45) is 0 Å². The van der Waals surface area contributed by atoms with Gasteiger partial charge in [-0.3, -0.25) is 14.4 Å². The zero-order valence-electron chi connectivity index (χ0n) is 17.7. The number of halogens is 3. The number of para-hydroxylation sites is 1. The topological polar surface area (TPSA) is 106 Å². The number of aliphatic hydroxyl groups is 1. The van der Waals surface area contributed by atoms with Crippen LogP contribution in [0.25, 0.3) is 0 Å². The number of anilines is 1. The quantitative estimate of drug-likeness (QED) is 0.625. The monoisotopic (exact) mass is 466 g/mol. The number of hydrogen-bond donors (Lipinski definition) is 3. The summed E-state index contributed by atoms with van der Waals surface area (Å²) in [6.07, 6.45) is -6.28. The molecule has 2 aromatic carbocycles. The normalized spacial score (nSPS) is 17.1. The summed E-state index contributed by atoms with van der Waals surface area (Å²) in [4.78, 5) is 29.6. The van der Waals surface area contributed by atoms with Crippen molar-refractivity contribution in [1.82, 2.24) is 5.48 Å². The molecule has 0 saturated carbocycles. The van der Waals surface area contributed by atoms with E-state index in [0.29, 0.717) is 16.9 Å². The molecular weight excluding hydrogens is 445 g/mol. The number of hydroxylamine groups is 1. The molecule has 0 saturated heterocycles. The molecule has 2 heterocycles. The Morgan fingerprint density at radius 3 is 2.67 bits per heavy atom. The molecule has 1 atom stereocenters. The number of alkyl halides is 3. The van der Waals surface area contributed by atoms with Crippen LogP contribution in [0.1, 0.15) is 41.8 Å². The highest BCUT2D eigenvalue weighted by atomic mass is 19.4. The van der Waals surface area contributed by atoms with E-state index in [-0.39, 0.29) is 30.4 Å². The lowest BCUT2D eigenvalue weighted by atomic mass is 9.74. The summed E-state index contributed by atoms with van der Waals surface area (Å²) < 4.78 is 52.9. The first-order valence-electron chi connectivity index (χ1n) is 9.97. The van der Waals surface area contributed by atoms with E-state index < -0.39 is 35.4 Å². The second-order valence-corrected chi connectivity index (χ2v) is 8.50. The summed E-state index contributed by atoms with van der Waals surface area (Å²) in [5, 5.41) is 12.8. The van der Waals surface area contributed by atoms with E-state index >= 15 is 0 Å². The van der Waals surface area contributed by atoms with Crippen LogP contribution in [-0.4, -0.2) is 35.5 Å². The van der Waals surface area contributed by atoms with Crippen molar-refractivity contribution in [3.8, 4) is 11.5 Å². The van der Waals surface area contributed by atoms with Crippen molar-refractivity contribution < 1.29 is 42.2 Å². The molecule has 0 spiro atoms. The number of benzene rings is 2. The van der Waals surface area contributed by atoms with Gasteiger partial charge in [0.1, 0.15) is 6.61 Å². The van der Waals surface area contributed by atoms with Crippen LogP contribution in [0.15, 0.2) is 36.4 Å². The molecule has 11 heteroatoms. The van der Waals surface area contributed by atoms with Crippen LogP contribution in [0.4, 0.5) is 18.9 Å². The Hall–Kier alpha value is -3.31. The molecule has 3 N–H and O–H groups in total. The largest absolute Gasteiger partial charge is 0.454 e. The average molecular weight is 466 g/mol. The van der Waals surface area contributed by atoms with Gasteiger partial charge in [-0.25, -0.2) is 5.48 Å². The fourth-order valence-corrected chi connectivity index (χ4v) is 3.97. The lowest BCUT2D eigenvalue weighted by Crippen LogP contribution is -2.57. The second kappa shape index (κ2) is 7.92. The van der Waals surface area contributed by atoms with Gasteiger partial charge in [-0.1, -0.05) is 32.0 Å². The molecule has 176 valence electrons. The molecule has 0 bridgehead atoms. The number of hydrogen-bond acceptors (Lipinski definition) is 6. The minimum absolute atomic E-state index is 0.0726. The molecule has 2 aliphatic heterocycles. The Labute approximate surface area is 186 Å². The van der Waals surface area contributed by atoms with E-state index in [9.17, 15) is 27.9 Å². The van der Waals surface area contributed by atoms with Crippen molar-refractivity contribution in [2.75, 3.05) is 12.1 Å². The van der Waals surface area contributed by atoms with Crippen molar-refractivity contribution in [1.29, 1.82) is 0 Å². The van der Waals surface area contributed by atoms with Gasteiger partial charge in [-0.15, -0.1) is 0 Å². The van der Waals surface area contributed by atoms with Crippen LogP contribution in [0.5, 0.6) is 11.5 Å². The Bertz CT molecular complexity index is 1120. The lowest BCUT2D eigenvalue weighted by Gasteiger charge is -2.37. The van der Waals surface area contributed by atoms with Gasteiger partial charge in [0.15, 0.2) is 11.5 Å². The predicted molar refractivity (Wildman–Crippen MR) is 109 cm³/mol. The third kappa shape index (κ3) is 4.09. The Kier molecular flexibility index (Phi) is 5.49. The van der Waals surface area contributed by atoms with Gasteiger partial charge in [0.05, 0.1) is 0 Å². The van der Waals surface area contributed by atoms with Gasteiger partial charge in [-0.05, 0) is 29.2 Å². The number of fused-ring (bicyclic) bond motifs is 2. The first-order valence-corrected chi connectivity index (χ1v) is 9.97. The van der Waals surface area contributed by atoms with E-state index in [1.54, 1.807) is 18.2 Å². The van der Waals surface area contributed by atoms with Crippen LogP contribution < -0.4 is 20.3 Å². The van der Waals surface area contributed by atoms with Gasteiger partial charge < -0.3 is 19.9 Å². The van der Waals surface area contributed by atoms with E-state index in [0.717, 1.165) is 0 Å². The molecule has 0 fully saturated rings. The van der Waals surface area contributed by atoms with Gasteiger partial charge in [0.25, 0.3) is 11.8 Å². The summed E-state index contributed by atoms with van der Waals surface area (Å²) in [6, 6.07) is 8.77. The first kappa shape index (κ1) is 22.9. The number of carbonyl (C=O) groups excluding carboxylic acids is 2. The van der Waals surface area contributed by atoms with Crippen LogP contribution >= 0.6 is 0 Å². The lowest BCUT2D eigenvalue weighted by molar-refractivity contribution is -0.254. The fraction of sp³-hybridized carbons (Fsp3) is 0.364. The summed E-state index contributed by atoms with van der Waals surface area (Å²) in [5.74, 6) is -1.62. The Balaban J connectivity index is 1.64. The second-order valence-electron chi connectivity index (χ2n) is 8.50. The minimum Gasteiger partial charge on any atom is -0.454 e. The van der Waals surface area contributed by atoms with E-state index in [1.807, 2.05) is 0 Å². The van der Waals surface area contributed by atoms with Crippen molar-refractivity contribution in [3.63, 3.8) is 0 Å². The zero-order valence-corrected chi connectivity index (χ0v) is 17.7. The maximum absolute atomic E-state index is 14.1. The summed E-state index contributed by atoms with van der Waals surface area (Å²) in [7, 11) is 0. The third-order valence-corrected chi connectivity index (χ3v) is 5.67. The molecular formula is C22H21F3N2O6. The molecule has 1 unspecified atom stereocenters. The van der Waals surface area contributed by atoms with E-state index in [1.165, 1.54) is 32.0 Å². The van der Waals surface area contributed by atoms with Gasteiger partial charge in [0, 0.05) is 23.2 Å². The smallest absolute Gasteiger partial charge is 0.426 e. The maximum atomic E-state index is 14.1. The maximum Gasteiger partial charge on any atom is 0.426 e. The highest BCUT2D eigenvalue weighted by molar-refractivity contribution is 6.01. The SMILES string of the molecule is CC(C)(CC(O)(C(=O)Nc1ccc2c(c1)C(=O)NOC2)C(F)(F)F)c1cccc2c1OCO2. The Morgan fingerprint density at radius 1 is 1.18 bits per heavy atom. The number of ether oxygens (including phenoxy) is 2. The van der Waals surface area contributed by atoms with E-state index in [4.69, 9.17) is 14.3 Å². The predicted octanol–water partition coefficient (Wildman–Crippen LogP) is 3.19. The summed E-state index contributed by atoms with van der Waals surface area (Å²) in [5.41, 5.74) is -2.00. The highest BCUT2D eigenvalue weighted by Gasteiger charge is 2.61. The van der Waals surface area contributed by atoms with Crippen molar-refractivity contribution in [3.05, 3.63) is 53.1 Å². The molecule has 0 aliphatic carbocycles. The zero-order chi connectivity index (χ0) is 24.0. The molecule has 33 heavy (non-hydrogen) atoms. The molecule has 2 amide bonds. The fourth-order valence-electron chi connectivity index (χ4n) is 3.97. The van der Waals surface area contributed by atoms with Gasteiger partial charge in [0.2, 0.25) is 12.4 Å². The Morgan fingerprint density at radius 2 is 1.94 bits per heavy atom. The molecule has 0 radical (unpaired) electrons. The van der Waals surface area contributed by atoms with Gasteiger partial charge >= 0.3 is 6.18 Å².